The summed E-state index contributed by atoms with van der Waals surface area (Å²) in [4.78, 5) is 0. The van der Waals surface area contributed by atoms with Gasteiger partial charge in [-0.15, -0.1) is 0 Å². The third-order valence-corrected chi connectivity index (χ3v) is 3.55. The van der Waals surface area contributed by atoms with Gasteiger partial charge in [0.2, 0.25) is 0 Å². The molecule has 0 heterocycles. The zero-order chi connectivity index (χ0) is 13.2. The summed E-state index contributed by atoms with van der Waals surface area (Å²) in [6.07, 6.45) is 0. The summed E-state index contributed by atoms with van der Waals surface area (Å²) in [5.41, 5.74) is 0.423. The van der Waals surface area contributed by atoms with Crippen molar-refractivity contribution in [2.24, 2.45) is 0 Å². The van der Waals surface area contributed by atoms with Gasteiger partial charge in [-0.05, 0) is 32.9 Å². The average Bonchev–Trinajstić information content (AvgIpc) is 2.25. The molecule has 1 atom stereocenters. The Bertz CT molecular complexity index is 384. The van der Waals surface area contributed by atoms with Gasteiger partial charge < -0.3 is 15.2 Å². The molecule has 0 fully saturated rings. The molecule has 0 radical (unpaired) electrons. The lowest BCUT2D eigenvalue weighted by Crippen LogP contribution is -2.41. The Balaban J connectivity index is 2.90. The van der Waals surface area contributed by atoms with E-state index in [0.717, 1.165) is 5.69 Å². The molecule has 1 unspecified atom stereocenters. The second-order valence-electron chi connectivity index (χ2n) is 4.46. The Hall–Kier alpha value is -0.640. The van der Waals surface area contributed by atoms with Gasteiger partial charge in [0.1, 0.15) is 0 Å². The molecule has 2 N–H and O–H groups in total. The van der Waals surface area contributed by atoms with E-state index in [1.807, 2.05) is 20.8 Å². The first-order valence-electron chi connectivity index (χ1n) is 5.27. The molecule has 1 rings (SSSR count). The van der Waals surface area contributed by atoms with E-state index in [4.69, 9.17) is 27.9 Å². The van der Waals surface area contributed by atoms with Crippen LogP contribution in [0.15, 0.2) is 12.1 Å². The number of aromatic hydroxyl groups is 1. The molecule has 0 aliphatic rings. The maximum atomic E-state index is 9.45. The normalized spacial score (nSPS) is 13.5. The number of methoxy groups -OCH3 is 1. The van der Waals surface area contributed by atoms with Crippen LogP contribution in [-0.2, 0) is 4.74 Å². The first-order valence-corrected chi connectivity index (χ1v) is 6.03. The fourth-order valence-corrected chi connectivity index (χ4v) is 1.74. The van der Waals surface area contributed by atoms with Gasteiger partial charge in [-0.25, -0.2) is 0 Å². The van der Waals surface area contributed by atoms with E-state index in [9.17, 15) is 5.11 Å². The van der Waals surface area contributed by atoms with E-state index in [-0.39, 0.29) is 27.4 Å². The van der Waals surface area contributed by atoms with E-state index in [1.54, 1.807) is 19.2 Å². The van der Waals surface area contributed by atoms with Crippen LogP contribution in [0.25, 0.3) is 0 Å². The van der Waals surface area contributed by atoms with E-state index < -0.39 is 0 Å². The van der Waals surface area contributed by atoms with Gasteiger partial charge in [0.25, 0.3) is 0 Å². The average molecular weight is 278 g/mol. The summed E-state index contributed by atoms with van der Waals surface area (Å²) in [7, 11) is 1.66. The highest BCUT2D eigenvalue weighted by molar-refractivity contribution is 6.37. The van der Waals surface area contributed by atoms with E-state index in [0.29, 0.717) is 0 Å². The van der Waals surface area contributed by atoms with Crippen molar-refractivity contribution in [2.45, 2.75) is 32.4 Å². The summed E-state index contributed by atoms with van der Waals surface area (Å²) in [5, 5.41) is 13.1. The molecule has 5 heteroatoms. The molecule has 0 aromatic heterocycles. The third-order valence-electron chi connectivity index (χ3n) is 2.97. The first kappa shape index (κ1) is 14.4. The number of phenols is 1. The number of benzene rings is 1. The van der Waals surface area contributed by atoms with Crippen molar-refractivity contribution in [1.29, 1.82) is 0 Å². The fourth-order valence-electron chi connectivity index (χ4n) is 1.25. The second-order valence-corrected chi connectivity index (χ2v) is 5.28. The summed E-state index contributed by atoms with van der Waals surface area (Å²) < 4.78 is 5.38. The summed E-state index contributed by atoms with van der Waals surface area (Å²) in [5.74, 6) is -0.0995. The van der Waals surface area contributed by atoms with Crippen LogP contribution in [0.2, 0.25) is 10.0 Å². The smallest absolute Gasteiger partial charge is 0.152 e. The molecule has 17 heavy (non-hydrogen) atoms. The minimum absolute atomic E-state index is 0.0594. The lowest BCUT2D eigenvalue weighted by Gasteiger charge is -2.31. The minimum atomic E-state index is -0.323. The molecular weight excluding hydrogens is 261 g/mol. The molecule has 0 saturated carbocycles. The number of phenolic OH excluding ortho intramolecular Hbond substituents is 1. The van der Waals surface area contributed by atoms with Gasteiger partial charge in [-0.1, -0.05) is 23.2 Å². The van der Waals surface area contributed by atoms with E-state index in [2.05, 4.69) is 5.32 Å². The Morgan fingerprint density at radius 2 is 1.76 bits per heavy atom. The number of ether oxygens (including phenoxy) is 1. The van der Waals surface area contributed by atoms with Crippen LogP contribution >= 0.6 is 23.2 Å². The molecule has 0 amide bonds. The van der Waals surface area contributed by atoms with E-state index in [1.165, 1.54) is 0 Å². The fraction of sp³-hybridized carbons (Fsp3) is 0.500. The number of hydrogen-bond acceptors (Lipinski definition) is 3. The molecule has 0 bridgehead atoms. The van der Waals surface area contributed by atoms with Crippen molar-refractivity contribution in [3.05, 3.63) is 22.2 Å². The van der Waals surface area contributed by atoms with Crippen LogP contribution in [0.5, 0.6) is 5.75 Å². The number of nitrogens with one attached hydrogen (secondary N) is 1. The number of hydrogen-bond donors (Lipinski definition) is 2. The highest BCUT2D eigenvalue weighted by Gasteiger charge is 2.25. The van der Waals surface area contributed by atoms with Crippen LogP contribution in [-0.4, -0.2) is 23.9 Å². The van der Waals surface area contributed by atoms with Crippen LogP contribution in [0.3, 0.4) is 0 Å². The predicted molar refractivity (Wildman–Crippen MR) is 72.3 cm³/mol. The van der Waals surface area contributed by atoms with Crippen molar-refractivity contribution < 1.29 is 9.84 Å². The maximum Gasteiger partial charge on any atom is 0.152 e. The number of halogens is 2. The van der Waals surface area contributed by atoms with Gasteiger partial charge in [0, 0.05) is 12.8 Å². The van der Waals surface area contributed by atoms with Crippen molar-refractivity contribution in [3.63, 3.8) is 0 Å². The Labute approximate surface area is 112 Å². The Morgan fingerprint density at radius 1 is 1.29 bits per heavy atom. The molecule has 3 nitrogen and oxygen atoms in total. The number of rotatable bonds is 4. The van der Waals surface area contributed by atoms with Crippen molar-refractivity contribution in [1.82, 2.24) is 0 Å². The Morgan fingerprint density at radius 3 is 2.18 bits per heavy atom. The summed E-state index contributed by atoms with van der Waals surface area (Å²) in [6.45, 7) is 5.96. The van der Waals surface area contributed by atoms with Crippen molar-refractivity contribution in [2.75, 3.05) is 12.4 Å². The zero-order valence-electron chi connectivity index (χ0n) is 10.3. The van der Waals surface area contributed by atoms with Crippen LogP contribution < -0.4 is 5.32 Å². The largest absolute Gasteiger partial charge is 0.505 e. The SMILES string of the molecule is COC(C)(C)C(C)Nc1cc(Cl)c(O)c(Cl)c1. The lowest BCUT2D eigenvalue weighted by molar-refractivity contribution is 0.0107. The van der Waals surface area contributed by atoms with Crippen LogP contribution in [0, 0.1) is 0 Å². The van der Waals surface area contributed by atoms with E-state index >= 15 is 0 Å². The molecule has 0 aliphatic heterocycles. The first-order chi connectivity index (χ1) is 7.77. The zero-order valence-corrected chi connectivity index (χ0v) is 11.9. The lowest BCUT2D eigenvalue weighted by atomic mass is 10.00. The number of anilines is 1. The molecule has 0 saturated heterocycles. The molecule has 96 valence electrons. The highest BCUT2D eigenvalue weighted by atomic mass is 35.5. The molecule has 1 aromatic carbocycles. The van der Waals surface area contributed by atoms with Crippen LogP contribution in [0.1, 0.15) is 20.8 Å². The van der Waals surface area contributed by atoms with Gasteiger partial charge in [0.05, 0.1) is 21.7 Å². The monoisotopic (exact) mass is 277 g/mol. The topological polar surface area (TPSA) is 41.5 Å². The predicted octanol–water partition coefficient (Wildman–Crippen LogP) is 3.92. The second kappa shape index (κ2) is 5.34. The van der Waals surface area contributed by atoms with Crippen LogP contribution in [0.4, 0.5) is 5.69 Å². The standard InChI is InChI=1S/C12H17Cl2NO2/c1-7(12(2,3)17-4)15-8-5-9(13)11(16)10(14)6-8/h5-7,15-16H,1-4H3. The molecule has 0 spiro atoms. The third kappa shape index (κ3) is 3.41. The van der Waals surface area contributed by atoms with Crippen molar-refractivity contribution >= 4 is 28.9 Å². The van der Waals surface area contributed by atoms with Crippen molar-refractivity contribution in [3.8, 4) is 5.75 Å². The van der Waals surface area contributed by atoms with Gasteiger partial charge >= 0.3 is 0 Å². The van der Waals surface area contributed by atoms with Gasteiger partial charge in [0.15, 0.2) is 5.75 Å². The summed E-state index contributed by atoms with van der Waals surface area (Å²) >= 11 is 11.7. The van der Waals surface area contributed by atoms with Gasteiger partial charge in [-0.2, -0.15) is 0 Å². The maximum absolute atomic E-state index is 9.45. The molecular formula is C12H17Cl2NO2. The summed E-state index contributed by atoms with van der Waals surface area (Å²) in [6, 6.07) is 3.32. The Kier molecular flexibility index (Phi) is 4.53. The molecule has 1 aromatic rings. The van der Waals surface area contributed by atoms with Gasteiger partial charge in [-0.3, -0.25) is 0 Å². The minimum Gasteiger partial charge on any atom is -0.505 e. The highest BCUT2D eigenvalue weighted by Crippen LogP contribution is 2.35. The molecule has 0 aliphatic carbocycles. The quantitative estimate of drug-likeness (QED) is 0.820.